The lowest BCUT2D eigenvalue weighted by atomic mass is 10.0. The highest BCUT2D eigenvalue weighted by Gasteiger charge is 2.11. The minimum Gasteiger partial charge on any atom is -0.309 e. The monoisotopic (exact) mass is 270 g/mol. The quantitative estimate of drug-likeness (QED) is 0.756. The summed E-state index contributed by atoms with van der Waals surface area (Å²) in [6.07, 6.45) is 3.24. The van der Waals surface area contributed by atoms with Crippen LogP contribution in [0.25, 0.3) is 0 Å². The van der Waals surface area contributed by atoms with E-state index in [1.807, 2.05) is 18.2 Å². The molecule has 0 aliphatic carbocycles. The number of hydrogen-bond acceptors (Lipinski definition) is 3. The van der Waals surface area contributed by atoms with Crippen LogP contribution in [-0.4, -0.2) is 20.7 Å². The average Bonchev–Trinajstić information content (AvgIpc) is 2.33. The van der Waals surface area contributed by atoms with Crippen LogP contribution in [0.5, 0.6) is 0 Å². The van der Waals surface area contributed by atoms with Crippen molar-refractivity contribution in [1.29, 1.82) is 0 Å². The van der Waals surface area contributed by atoms with Gasteiger partial charge in [-0.3, -0.25) is 0 Å². The Bertz CT molecular complexity index is 432. The molecule has 0 saturated carbocycles. The van der Waals surface area contributed by atoms with Crippen LogP contribution in [0, 0.1) is 0 Å². The highest BCUT2D eigenvalue weighted by molar-refractivity contribution is 7.89. The number of unbranched alkanes of at least 4 members (excludes halogenated alkanes) is 1. The molecule has 1 aromatic rings. The topological polar surface area (TPSA) is 72.2 Å². The first-order valence-electron chi connectivity index (χ1n) is 6.31. The average molecular weight is 270 g/mol. The van der Waals surface area contributed by atoms with Crippen molar-refractivity contribution in [3.8, 4) is 0 Å². The number of benzene rings is 1. The van der Waals surface area contributed by atoms with Gasteiger partial charge in [-0.1, -0.05) is 50.1 Å². The lowest BCUT2D eigenvalue weighted by Gasteiger charge is -2.18. The summed E-state index contributed by atoms with van der Waals surface area (Å²) >= 11 is 0. The van der Waals surface area contributed by atoms with Crippen molar-refractivity contribution in [2.45, 2.75) is 32.2 Å². The molecular formula is C13H22N2O2S. The minimum atomic E-state index is -3.38. The van der Waals surface area contributed by atoms with E-state index in [1.165, 1.54) is 5.56 Å². The van der Waals surface area contributed by atoms with Gasteiger partial charge < -0.3 is 5.32 Å². The van der Waals surface area contributed by atoms with Crippen molar-refractivity contribution in [3.63, 3.8) is 0 Å². The summed E-state index contributed by atoms with van der Waals surface area (Å²) in [4.78, 5) is 0. The first kappa shape index (κ1) is 15.1. The molecule has 1 atom stereocenters. The Morgan fingerprint density at radius 2 is 1.94 bits per heavy atom. The largest absolute Gasteiger partial charge is 0.309 e. The normalized spacial score (nSPS) is 13.4. The van der Waals surface area contributed by atoms with Crippen LogP contribution in [0.4, 0.5) is 0 Å². The maximum Gasteiger partial charge on any atom is 0.210 e. The van der Waals surface area contributed by atoms with Gasteiger partial charge in [-0.25, -0.2) is 13.6 Å². The third-order valence-corrected chi connectivity index (χ3v) is 3.60. The Labute approximate surface area is 110 Å². The Kier molecular flexibility index (Phi) is 6.32. The van der Waals surface area contributed by atoms with E-state index in [4.69, 9.17) is 5.14 Å². The standard InChI is InChI=1S/C13H22N2O2S/c1-2-3-9-13(12-7-5-4-6-8-12)15-10-11-18(14,16)17/h4-8,13,15H,2-3,9-11H2,1H3,(H2,14,16,17). The molecule has 0 aromatic heterocycles. The van der Waals surface area contributed by atoms with Crippen molar-refractivity contribution in [3.05, 3.63) is 35.9 Å². The van der Waals surface area contributed by atoms with E-state index in [9.17, 15) is 8.42 Å². The number of hydrogen-bond donors (Lipinski definition) is 2. The predicted molar refractivity (Wildman–Crippen MR) is 74.7 cm³/mol. The number of nitrogens with one attached hydrogen (secondary N) is 1. The number of nitrogens with two attached hydrogens (primary N) is 1. The Morgan fingerprint density at radius 3 is 2.50 bits per heavy atom. The summed E-state index contributed by atoms with van der Waals surface area (Å²) in [6.45, 7) is 2.54. The van der Waals surface area contributed by atoms with Gasteiger partial charge in [0.15, 0.2) is 0 Å². The first-order valence-corrected chi connectivity index (χ1v) is 8.03. The van der Waals surface area contributed by atoms with Crippen molar-refractivity contribution in [1.82, 2.24) is 5.32 Å². The zero-order valence-corrected chi connectivity index (χ0v) is 11.6. The van der Waals surface area contributed by atoms with Crippen LogP contribution in [0.1, 0.15) is 37.8 Å². The molecule has 0 spiro atoms. The van der Waals surface area contributed by atoms with Crippen molar-refractivity contribution < 1.29 is 8.42 Å². The highest BCUT2D eigenvalue weighted by Crippen LogP contribution is 2.18. The van der Waals surface area contributed by atoms with Crippen LogP contribution >= 0.6 is 0 Å². The lowest BCUT2D eigenvalue weighted by molar-refractivity contribution is 0.493. The molecule has 102 valence electrons. The van der Waals surface area contributed by atoms with E-state index in [-0.39, 0.29) is 11.8 Å². The summed E-state index contributed by atoms with van der Waals surface area (Å²) < 4.78 is 21.8. The molecule has 0 amide bonds. The second-order valence-corrected chi connectivity index (χ2v) is 6.16. The molecule has 0 bridgehead atoms. The number of rotatable bonds is 8. The van der Waals surface area contributed by atoms with Crippen LogP contribution in [0.15, 0.2) is 30.3 Å². The van der Waals surface area contributed by atoms with Gasteiger partial charge in [0.05, 0.1) is 5.75 Å². The predicted octanol–water partition coefficient (Wildman–Crippen LogP) is 1.80. The second kappa shape index (κ2) is 7.51. The fourth-order valence-corrected chi connectivity index (χ4v) is 2.26. The van der Waals surface area contributed by atoms with Crippen LogP contribution < -0.4 is 10.5 Å². The van der Waals surface area contributed by atoms with Crippen LogP contribution in [0.2, 0.25) is 0 Å². The summed E-state index contributed by atoms with van der Waals surface area (Å²) in [5.41, 5.74) is 1.19. The summed E-state index contributed by atoms with van der Waals surface area (Å²) in [5, 5.41) is 8.26. The Morgan fingerprint density at radius 1 is 1.28 bits per heavy atom. The molecule has 3 N–H and O–H groups in total. The van der Waals surface area contributed by atoms with Gasteiger partial charge in [-0.05, 0) is 12.0 Å². The zero-order valence-electron chi connectivity index (χ0n) is 10.8. The van der Waals surface area contributed by atoms with Crippen molar-refractivity contribution in [2.75, 3.05) is 12.3 Å². The molecule has 1 unspecified atom stereocenters. The summed E-state index contributed by atoms with van der Waals surface area (Å²) in [6, 6.07) is 10.3. The van der Waals surface area contributed by atoms with Gasteiger partial charge in [-0.2, -0.15) is 0 Å². The molecular weight excluding hydrogens is 248 g/mol. The van der Waals surface area contributed by atoms with E-state index >= 15 is 0 Å². The zero-order chi connectivity index (χ0) is 13.4. The fourth-order valence-electron chi connectivity index (χ4n) is 1.86. The van der Waals surface area contributed by atoms with Gasteiger partial charge >= 0.3 is 0 Å². The minimum absolute atomic E-state index is 0.0253. The van der Waals surface area contributed by atoms with Gasteiger partial charge in [0.2, 0.25) is 10.0 Å². The summed E-state index contributed by atoms with van der Waals surface area (Å²) in [7, 11) is -3.38. The van der Waals surface area contributed by atoms with Crippen molar-refractivity contribution in [2.24, 2.45) is 5.14 Å². The molecule has 1 rings (SSSR count). The Hall–Kier alpha value is -0.910. The van der Waals surface area contributed by atoms with Gasteiger partial charge in [0.1, 0.15) is 0 Å². The molecule has 0 heterocycles. The summed E-state index contributed by atoms with van der Waals surface area (Å²) in [5.74, 6) is -0.0253. The van der Waals surface area contributed by atoms with E-state index in [1.54, 1.807) is 0 Å². The molecule has 0 saturated heterocycles. The van der Waals surface area contributed by atoms with Crippen LogP contribution in [0.3, 0.4) is 0 Å². The van der Waals surface area contributed by atoms with Gasteiger partial charge in [0.25, 0.3) is 0 Å². The number of sulfonamides is 1. The fraction of sp³-hybridized carbons (Fsp3) is 0.538. The molecule has 18 heavy (non-hydrogen) atoms. The highest BCUT2D eigenvalue weighted by atomic mass is 32.2. The second-order valence-electron chi connectivity index (χ2n) is 4.43. The smallest absolute Gasteiger partial charge is 0.210 e. The molecule has 4 nitrogen and oxygen atoms in total. The first-order chi connectivity index (χ1) is 8.53. The van der Waals surface area contributed by atoms with E-state index in [2.05, 4.69) is 24.4 Å². The van der Waals surface area contributed by atoms with Crippen molar-refractivity contribution >= 4 is 10.0 Å². The van der Waals surface area contributed by atoms with E-state index < -0.39 is 10.0 Å². The third-order valence-electron chi connectivity index (χ3n) is 2.83. The molecule has 5 heteroatoms. The molecule has 0 fully saturated rings. The SMILES string of the molecule is CCCCC(NCCS(N)(=O)=O)c1ccccc1. The maximum absolute atomic E-state index is 10.9. The van der Waals surface area contributed by atoms with Gasteiger partial charge in [-0.15, -0.1) is 0 Å². The van der Waals surface area contributed by atoms with E-state index in [0.29, 0.717) is 6.54 Å². The Balaban J connectivity index is 2.56. The molecule has 0 radical (unpaired) electrons. The molecule has 0 aliphatic heterocycles. The maximum atomic E-state index is 10.9. The molecule has 1 aromatic carbocycles. The van der Waals surface area contributed by atoms with Crippen LogP contribution in [-0.2, 0) is 10.0 Å². The van der Waals surface area contributed by atoms with E-state index in [0.717, 1.165) is 19.3 Å². The van der Waals surface area contributed by atoms with Gasteiger partial charge in [0, 0.05) is 12.6 Å². The molecule has 0 aliphatic rings. The third kappa shape index (κ3) is 6.14. The lowest BCUT2D eigenvalue weighted by Crippen LogP contribution is -2.30. The number of primary sulfonamides is 1.